The Balaban J connectivity index is 1.63. The number of para-hydroxylation sites is 1. The molecule has 0 radical (unpaired) electrons. The Bertz CT molecular complexity index is 1490. The highest BCUT2D eigenvalue weighted by atomic mass is 16.5. The van der Waals surface area contributed by atoms with Gasteiger partial charge in [0.25, 0.3) is 0 Å². The molecule has 3 aromatic carbocycles. The first kappa shape index (κ1) is 25.4. The van der Waals surface area contributed by atoms with E-state index in [1.54, 1.807) is 16.7 Å². The van der Waals surface area contributed by atoms with Crippen molar-refractivity contribution in [2.75, 3.05) is 12.0 Å². The van der Waals surface area contributed by atoms with Crippen LogP contribution in [0.2, 0.25) is 0 Å². The van der Waals surface area contributed by atoms with Crippen LogP contribution in [0.4, 0.5) is 5.69 Å². The third kappa shape index (κ3) is 5.25. The second kappa shape index (κ2) is 10.3. The van der Waals surface area contributed by atoms with Gasteiger partial charge >= 0.3 is 0 Å². The summed E-state index contributed by atoms with van der Waals surface area (Å²) in [5.41, 5.74) is 4.81. The fraction of sp³-hybridized carbons (Fsp3) is 0.333. The zero-order valence-electron chi connectivity index (χ0n) is 22.3. The maximum absolute atomic E-state index is 14.2. The molecule has 1 aliphatic carbocycles. The van der Waals surface area contributed by atoms with Crippen molar-refractivity contribution in [1.82, 2.24) is 20.3 Å². The molecule has 1 aliphatic rings. The maximum Gasteiger partial charge on any atom is 0.249 e. The topological polar surface area (TPSA) is 89.4 Å². The Morgan fingerprint density at radius 1 is 1.03 bits per heavy atom. The standard InChI is InChI=1S/C30H33N5O3/c1-30(2,3)31-29(37)28(22-11-8-12-24(18-22)38-4)35(23-16-15-20-9-7-10-21(20)17-23)27(36)19-34-26-14-6-5-13-25(26)32-33-34/h5-6,8,11-18,28H,7,9-10,19H2,1-4H3,(H,31,37). The summed E-state index contributed by atoms with van der Waals surface area (Å²) in [4.78, 5) is 29.8. The lowest BCUT2D eigenvalue weighted by molar-refractivity contribution is -0.128. The monoisotopic (exact) mass is 511 g/mol. The third-order valence-corrected chi connectivity index (χ3v) is 6.75. The second-order valence-electron chi connectivity index (χ2n) is 10.7. The van der Waals surface area contributed by atoms with E-state index in [1.807, 2.05) is 75.4 Å². The van der Waals surface area contributed by atoms with Gasteiger partial charge < -0.3 is 10.1 Å². The van der Waals surface area contributed by atoms with Gasteiger partial charge in [0.2, 0.25) is 11.8 Å². The molecule has 4 aromatic rings. The number of benzene rings is 3. The molecule has 0 fully saturated rings. The molecule has 1 N–H and O–H groups in total. The lowest BCUT2D eigenvalue weighted by Crippen LogP contribution is -2.50. The molecular weight excluding hydrogens is 478 g/mol. The quantitative estimate of drug-likeness (QED) is 0.391. The summed E-state index contributed by atoms with van der Waals surface area (Å²) in [6, 6.07) is 20.0. The number of amides is 2. The van der Waals surface area contributed by atoms with Crippen molar-refractivity contribution in [3.8, 4) is 5.75 Å². The highest BCUT2D eigenvalue weighted by molar-refractivity contribution is 6.02. The maximum atomic E-state index is 14.2. The molecule has 0 saturated carbocycles. The van der Waals surface area contributed by atoms with Gasteiger partial charge in [-0.3, -0.25) is 14.5 Å². The van der Waals surface area contributed by atoms with Crippen LogP contribution in [0.3, 0.4) is 0 Å². The van der Waals surface area contributed by atoms with Gasteiger partial charge in [-0.15, -0.1) is 5.10 Å². The minimum Gasteiger partial charge on any atom is -0.497 e. The first-order valence-corrected chi connectivity index (χ1v) is 12.9. The highest BCUT2D eigenvalue weighted by Crippen LogP contribution is 2.34. The first-order chi connectivity index (χ1) is 18.2. The molecule has 0 saturated heterocycles. The average Bonchev–Trinajstić information content (AvgIpc) is 3.52. The van der Waals surface area contributed by atoms with Crippen LogP contribution in [-0.2, 0) is 29.0 Å². The van der Waals surface area contributed by atoms with E-state index in [0.717, 1.165) is 24.8 Å². The fourth-order valence-electron chi connectivity index (χ4n) is 5.05. The van der Waals surface area contributed by atoms with Crippen molar-refractivity contribution in [2.45, 2.75) is 58.2 Å². The van der Waals surface area contributed by atoms with Crippen molar-refractivity contribution >= 4 is 28.5 Å². The summed E-state index contributed by atoms with van der Waals surface area (Å²) >= 11 is 0. The Hall–Kier alpha value is -4.20. The number of anilines is 1. The number of nitrogens with one attached hydrogen (secondary N) is 1. The number of carbonyl (C=O) groups excluding carboxylic acids is 2. The number of carbonyl (C=O) groups is 2. The van der Waals surface area contributed by atoms with Crippen molar-refractivity contribution in [3.63, 3.8) is 0 Å². The van der Waals surface area contributed by atoms with E-state index < -0.39 is 11.6 Å². The molecule has 8 heteroatoms. The Labute approximate surface area is 222 Å². The number of fused-ring (bicyclic) bond motifs is 2. The molecule has 1 heterocycles. The number of hydrogen-bond acceptors (Lipinski definition) is 5. The van der Waals surface area contributed by atoms with E-state index in [4.69, 9.17) is 4.74 Å². The SMILES string of the molecule is COc1cccc(C(C(=O)NC(C)(C)C)N(C(=O)Cn2nnc3ccccc32)c2ccc3c(c2)CCC3)c1. The van der Waals surface area contributed by atoms with Crippen LogP contribution in [0.1, 0.15) is 49.9 Å². The van der Waals surface area contributed by atoms with Crippen LogP contribution in [-0.4, -0.2) is 39.5 Å². The van der Waals surface area contributed by atoms with Crippen molar-refractivity contribution < 1.29 is 14.3 Å². The number of methoxy groups -OCH3 is 1. The molecule has 1 atom stereocenters. The largest absolute Gasteiger partial charge is 0.497 e. The summed E-state index contributed by atoms with van der Waals surface area (Å²) in [5.74, 6) is 0.0678. The fourth-order valence-corrected chi connectivity index (χ4v) is 5.05. The van der Waals surface area contributed by atoms with Crippen LogP contribution in [0, 0.1) is 0 Å². The van der Waals surface area contributed by atoms with Gasteiger partial charge in [-0.1, -0.05) is 35.5 Å². The number of rotatable bonds is 7. The zero-order chi connectivity index (χ0) is 26.9. The minimum absolute atomic E-state index is 0.0686. The van der Waals surface area contributed by atoms with Gasteiger partial charge in [0, 0.05) is 11.2 Å². The molecule has 2 amide bonds. The van der Waals surface area contributed by atoms with E-state index >= 15 is 0 Å². The van der Waals surface area contributed by atoms with Crippen molar-refractivity contribution in [1.29, 1.82) is 0 Å². The molecule has 8 nitrogen and oxygen atoms in total. The van der Waals surface area contributed by atoms with E-state index in [0.29, 0.717) is 22.5 Å². The van der Waals surface area contributed by atoms with Crippen molar-refractivity contribution in [3.05, 3.63) is 83.4 Å². The lowest BCUT2D eigenvalue weighted by atomic mass is 9.99. The van der Waals surface area contributed by atoms with Crippen LogP contribution < -0.4 is 15.0 Å². The molecule has 1 aromatic heterocycles. The number of ether oxygens (including phenoxy) is 1. The Kier molecular flexibility index (Phi) is 6.89. The van der Waals surface area contributed by atoms with Gasteiger partial charge in [0.15, 0.2) is 0 Å². The molecule has 0 aliphatic heterocycles. The molecule has 0 spiro atoms. The van der Waals surface area contributed by atoms with Gasteiger partial charge in [0.05, 0.1) is 12.6 Å². The Morgan fingerprint density at radius 2 is 1.82 bits per heavy atom. The zero-order valence-corrected chi connectivity index (χ0v) is 22.3. The van der Waals surface area contributed by atoms with Gasteiger partial charge in [-0.2, -0.15) is 0 Å². The molecule has 196 valence electrons. The number of nitrogens with zero attached hydrogens (tertiary/aromatic N) is 4. The molecule has 1 unspecified atom stereocenters. The Morgan fingerprint density at radius 3 is 2.61 bits per heavy atom. The highest BCUT2D eigenvalue weighted by Gasteiger charge is 2.35. The minimum atomic E-state index is -0.925. The number of aromatic nitrogens is 3. The summed E-state index contributed by atoms with van der Waals surface area (Å²) in [7, 11) is 1.59. The third-order valence-electron chi connectivity index (χ3n) is 6.75. The summed E-state index contributed by atoms with van der Waals surface area (Å²) in [6.07, 6.45) is 3.07. The van der Waals surface area contributed by atoms with Gasteiger partial charge in [-0.25, -0.2) is 4.68 Å². The van der Waals surface area contributed by atoms with E-state index in [-0.39, 0.29) is 18.4 Å². The number of hydrogen-bond donors (Lipinski definition) is 1. The molecule has 38 heavy (non-hydrogen) atoms. The van der Waals surface area contributed by atoms with E-state index in [2.05, 4.69) is 27.8 Å². The summed E-state index contributed by atoms with van der Waals surface area (Å²) in [5, 5.41) is 11.5. The number of aryl methyl sites for hydroxylation is 2. The predicted molar refractivity (Wildman–Crippen MR) is 147 cm³/mol. The van der Waals surface area contributed by atoms with Crippen LogP contribution in [0.25, 0.3) is 11.0 Å². The van der Waals surface area contributed by atoms with E-state index in [9.17, 15) is 9.59 Å². The van der Waals surface area contributed by atoms with Gasteiger partial charge in [-0.05, 0) is 93.1 Å². The summed E-state index contributed by atoms with van der Waals surface area (Å²) in [6.45, 7) is 5.71. The summed E-state index contributed by atoms with van der Waals surface area (Å²) < 4.78 is 7.05. The normalized spacial score (nSPS) is 13.7. The lowest BCUT2D eigenvalue weighted by Gasteiger charge is -2.34. The van der Waals surface area contributed by atoms with E-state index in [1.165, 1.54) is 11.1 Å². The smallest absolute Gasteiger partial charge is 0.249 e. The van der Waals surface area contributed by atoms with Crippen LogP contribution in [0.5, 0.6) is 5.75 Å². The molecule has 0 bridgehead atoms. The van der Waals surface area contributed by atoms with Crippen molar-refractivity contribution in [2.24, 2.45) is 0 Å². The van der Waals surface area contributed by atoms with Crippen LogP contribution >= 0.6 is 0 Å². The average molecular weight is 512 g/mol. The molecular formula is C30H33N5O3. The predicted octanol–water partition coefficient (Wildman–Crippen LogP) is 4.62. The molecule has 5 rings (SSSR count). The van der Waals surface area contributed by atoms with Gasteiger partial charge in [0.1, 0.15) is 23.9 Å². The second-order valence-corrected chi connectivity index (χ2v) is 10.7. The van der Waals surface area contributed by atoms with Crippen LogP contribution in [0.15, 0.2) is 66.7 Å². The first-order valence-electron chi connectivity index (χ1n) is 12.9.